The van der Waals surface area contributed by atoms with E-state index in [9.17, 15) is 17.6 Å². The Hall–Kier alpha value is -2.21. The van der Waals surface area contributed by atoms with Gasteiger partial charge in [-0.1, -0.05) is 31.2 Å². The van der Waals surface area contributed by atoms with Crippen molar-refractivity contribution in [3.05, 3.63) is 59.9 Å². The van der Waals surface area contributed by atoms with Gasteiger partial charge in [-0.25, -0.2) is 12.8 Å². The first-order valence-corrected chi connectivity index (χ1v) is 9.49. The molecule has 4 nitrogen and oxygen atoms in total. The minimum Gasteiger partial charge on any atom is -0.336 e. The Balaban J connectivity index is 1.68. The number of hydrogen-bond donors (Lipinski definition) is 0. The van der Waals surface area contributed by atoms with Gasteiger partial charge in [0.1, 0.15) is 5.82 Å². The van der Waals surface area contributed by atoms with Crippen molar-refractivity contribution in [1.29, 1.82) is 0 Å². The van der Waals surface area contributed by atoms with Crippen LogP contribution < -0.4 is 0 Å². The minimum absolute atomic E-state index is 0.103. The van der Waals surface area contributed by atoms with Gasteiger partial charge in [-0.05, 0) is 35.4 Å². The summed E-state index contributed by atoms with van der Waals surface area (Å²) in [6.07, 6.45) is 0. The maximum absolute atomic E-state index is 13.0. The van der Waals surface area contributed by atoms with E-state index in [2.05, 4.69) is 0 Å². The summed E-state index contributed by atoms with van der Waals surface area (Å²) >= 11 is 0. The molecule has 0 radical (unpaired) electrons. The molecule has 1 aliphatic rings. The van der Waals surface area contributed by atoms with Crippen LogP contribution in [0.3, 0.4) is 0 Å². The summed E-state index contributed by atoms with van der Waals surface area (Å²) in [6.45, 7) is 2.14. The molecule has 0 unspecified atom stereocenters. The third-order valence-electron chi connectivity index (χ3n) is 4.35. The topological polar surface area (TPSA) is 54.5 Å². The Morgan fingerprint density at radius 2 is 1.54 bits per heavy atom. The number of halogens is 1. The van der Waals surface area contributed by atoms with Gasteiger partial charge in [-0.2, -0.15) is 0 Å². The number of nitrogens with zero attached hydrogens (tertiary/aromatic N) is 1. The molecule has 126 valence electrons. The summed E-state index contributed by atoms with van der Waals surface area (Å²) in [5.74, 6) is -0.352. The molecule has 1 fully saturated rings. The van der Waals surface area contributed by atoms with Crippen LogP contribution in [0.15, 0.2) is 48.5 Å². The molecule has 0 saturated carbocycles. The normalized spacial score (nSPS) is 15.2. The Bertz CT molecular complexity index is 839. The largest absolute Gasteiger partial charge is 0.336 e. The minimum atomic E-state index is -3.08. The Morgan fingerprint density at radius 3 is 2.04 bits per heavy atom. The molecule has 0 atom stereocenters. The maximum atomic E-state index is 13.0. The molecular formula is C18H18FNO3S. The van der Waals surface area contributed by atoms with Crippen LogP contribution in [0.25, 0.3) is 11.1 Å². The van der Waals surface area contributed by atoms with Crippen LogP contribution in [0, 0.1) is 5.82 Å². The first kappa shape index (κ1) is 16.6. The molecule has 0 aliphatic carbocycles. The monoisotopic (exact) mass is 347 g/mol. The third kappa shape index (κ3) is 3.19. The Morgan fingerprint density at radius 1 is 1.04 bits per heavy atom. The van der Waals surface area contributed by atoms with Crippen molar-refractivity contribution in [2.75, 3.05) is 18.8 Å². The fraction of sp³-hybridized carbons (Fsp3) is 0.278. The number of rotatable bonds is 4. The van der Waals surface area contributed by atoms with Crippen molar-refractivity contribution in [3.8, 4) is 11.1 Å². The number of sulfone groups is 1. The lowest BCUT2D eigenvalue weighted by Gasteiger charge is -2.38. The fourth-order valence-electron chi connectivity index (χ4n) is 2.70. The van der Waals surface area contributed by atoms with E-state index in [0.717, 1.165) is 11.1 Å². The molecule has 2 aromatic carbocycles. The summed E-state index contributed by atoms with van der Waals surface area (Å²) in [6, 6.07) is 13.2. The SMILES string of the molecule is CCS(=O)(=O)C1CN(C(=O)c2ccc(-c3ccc(F)cc3)cc2)C1. The standard InChI is InChI=1S/C18H18FNO3S/c1-2-24(22,23)17-11-20(12-17)18(21)15-5-3-13(4-6-15)14-7-9-16(19)10-8-14/h3-10,17H,2,11-12H2,1H3. The summed E-state index contributed by atoms with van der Waals surface area (Å²) in [7, 11) is -3.08. The first-order valence-electron chi connectivity index (χ1n) is 7.77. The van der Waals surface area contributed by atoms with Crippen LogP contribution in [-0.2, 0) is 9.84 Å². The second-order valence-corrected chi connectivity index (χ2v) is 8.44. The predicted molar refractivity (Wildman–Crippen MR) is 91.0 cm³/mol. The quantitative estimate of drug-likeness (QED) is 0.855. The highest BCUT2D eigenvalue weighted by molar-refractivity contribution is 7.92. The van der Waals surface area contributed by atoms with E-state index in [-0.39, 0.29) is 30.6 Å². The molecule has 1 amide bonds. The molecular weight excluding hydrogens is 329 g/mol. The molecule has 0 aromatic heterocycles. The number of benzene rings is 2. The van der Waals surface area contributed by atoms with Crippen LogP contribution in [0.5, 0.6) is 0 Å². The van der Waals surface area contributed by atoms with E-state index >= 15 is 0 Å². The second-order valence-electron chi connectivity index (χ2n) is 5.87. The molecule has 6 heteroatoms. The third-order valence-corrected chi connectivity index (χ3v) is 6.47. The molecule has 0 N–H and O–H groups in total. The van der Waals surface area contributed by atoms with Crippen LogP contribution in [0.1, 0.15) is 17.3 Å². The van der Waals surface area contributed by atoms with Gasteiger partial charge < -0.3 is 4.90 Å². The number of likely N-dealkylation sites (tertiary alicyclic amines) is 1. The van der Waals surface area contributed by atoms with Crippen molar-refractivity contribution in [3.63, 3.8) is 0 Å². The van der Waals surface area contributed by atoms with Crippen LogP contribution in [0.2, 0.25) is 0 Å². The van der Waals surface area contributed by atoms with E-state index < -0.39 is 15.1 Å². The highest BCUT2D eigenvalue weighted by atomic mass is 32.2. The van der Waals surface area contributed by atoms with E-state index in [1.54, 1.807) is 48.2 Å². The molecule has 1 heterocycles. The van der Waals surface area contributed by atoms with Crippen molar-refractivity contribution >= 4 is 15.7 Å². The van der Waals surface area contributed by atoms with Crippen molar-refractivity contribution in [1.82, 2.24) is 4.90 Å². The van der Waals surface area contributed by atoms with Crippen molar-refractivity contribution in [2.24, 2.45) is 0 Å². The molecule has 3 rings (SSSR count). The average Bonchev–Trinajstić information content (AvgIpc) is 2.54. The fourth-order valence-corrected chi connectivity index (χ4v) is 3.98. The Labute approximate surface area is 140 Å². The second kappa shape index (κ2) is 6.36. The molecule has 1 saturated heterocycles. The van der Waals surface area contributed by atoms with Gasteiger partial charge in [0.2, 0.25) is 0 Å². The van der Waals surface area contributed by atoms with Gasteiger partial charge in [0.05, 0.1) is 5.25 Å². The number of hydrogen-bond acceptors (Lipinski definition) is 3. The zero-order valence-corrected chi connectivity index (χ0v) is 14.1. The zero-order valence-electron chi connectivity index (χ0n) is 13.3. The van der Waals surface area contributed by atoms with Crippen molar-refractivity contribution < 1.29 is 17.6 Å². The summed E-state index contributed by atoms with van der Waals surface area (Å²) in [4.78, 5) is 13.9. The van der Waals surface area contributed by atoms with Crippen LogP contribution in [0.4, 0.5) is 4.39 Å². The lowest BCUT2D eigenvalue weighted by molar-refractivity contribution is 0.0659. The molecule has 1 aliphatic heterocycles. The summed E-state index contributed by atoms with van der Waals surface area (Å²) in [5, 5.41) is -0.440. The van der Waals surface area contributed by atoms with Gasteiger partial charge in [0.15, 0.2) is 9.84 Å². The van der Waals surface area contributed by atoms with E-state index in [0.29, 0.717) is 5.56 Å². The predicted octanol–water partition coefficient (Wildman–Crippen LogP) is 2.75. The number of amides is 1. The van der Waals surface area contributed by atoms with Gasteiger partial charge >= 0.3 is 0 Å². The van der Waals surface area contributed by atoms with E-state index in [1.165, 1.54) is 12.1 Å². The molecule has 24 heavy (non-hydrogen) atoms. The smallest absolute Gasteiger partial charge is 0.253 e. The summed E-state index contributed by atoms with van der Waals surface area (Å²) in [5.41, 5.74) is 2.28. The van der Waals surface area contributed by atoms with Gasteiger partial charge in [-0.3, -0.25) is 4.79 Å². The van der Waals surface area contributed by atoms with Crippen molar-refractivity contribution in [2.45, 2.75) is 12.2 Å². The summed E-state index contributed by atoms with van der Waals surface area (Å²) < 4.78 is 36.4. The van der Waals surface area contributed by atoms with E-state index in [1.807, 2.05) is 0 Å². The van der Waals surface area contributed by atoms with Gasteiger partial charge in [0, 0.05) is 24.4 Å². The lowest BCUT2D eigenvalue weighted by atomic mass is 10.0. The highest BCUT2D eigenvalue weighted by Gasteiger charge is 2.38. The number of carbonyl (C=O) groups excluding carboxylic acids is 1. The molecule has 0 bridgehead atoms. The van der Waals surface area contributed by atoms with Gasteiger partial charge in [-0.15, -0.1) is 0 Å². The van der Waals surface area contributed by atoms with Crippen LogP contribution in [-0.4, -0.2) is 43.3 Å². The molecule has 0 spiro atoms. The Kier molecular flexibility index (Phi) is 4.41. The van der Waals surface area contributed by atoms with Gasteiger partial charge in [0.25, 0.3) is 5.91 Å². The van der Waals surface area contributed by atoms with E-state index in [4.69, 9.17) is 0 Å². The zero-order chi connectivity index (χ0) is 17.3. The maximum Gasteiger partial charge on any atom is 0.253 e. The molecule has 2 aromatic rings. The lowest BCUT2D eigenvalue weighted by Crippen LogP contribution is -2.57. The van der Waals surface area contributed by atoms with Crippen LogP contribution >= 0.6 is 0 Å². The highest BCUT2D eigenvalue weighted by Crippen LogP contribution is 2.23. The number of carbonyl (C=O) groups is 1. The average molecular weight is 347 g/mol. The first-order chi connectivity index (χ1) is 11.4.